The molecule has 7 nitrogen and oxygen atoms in total. The average molecular weight is 272 g/mol. The number of rotatable bonds is 5. The topological polar surface area (TPSA) is 93.7 Å². The van der Waals surface area contributed by atoms with E-state index in [1.54, 1.807) is 0 Å². The van der Waals surface area contributed by atoms with Crippen LogP contribution >= 0.6 is 0 Å². The summed E-state index contributed by atoms with van der Waals surface area (Å²) in [5.74, 6) is -0.930. The van der Waals surface area contributed by atoms with E-state index < -0.39 is 30.6 Å². The third-order valence-electron chi connectivity index (χ3n) is 2.46. The van der Waals surface area contributed by atoms with Crippen LogP contribution in [0, 0.1) is 5.92 Å². The third kappa shape index (κ3) is 6.19. The number of esters is 1. The van der Waals surface area contributed by atoms with Gasteiger partial charge in [-0.3, -0.25) is 10.1 Å². The van der Waals surface area contributed by atoms with Crippen LogP contribution < -0.4 is 10.6 Å². The van der Waals surface area contributed by atoms with Crippen molar-refractivity contribution in [2.45, 2.75) is 32.8 Å². The maximum Gasteiger partial charge on any atom is 0.335 e. The normalized spacial score (nSPS) is 18.2. The summed E-state index contributed by atoms with van der Waals surface area (Å²) in [6, 6.07) is -0.591. The Morgan fingerprint density at radius 3 is 2.68 bits per heavy atom. The monoisotopic (exact) mass is 272 g/mol. The van der Waals surface area contributed by atoms with Crippen LogP contribution in [0.4, 0.5) is 4.79 Å². The molecule has 1 saturated heterocycles. The first-order valence-electron chi connectivity index (χ1n) is 6.35. The van der Waals surface area contributed by atoms with E-state index in [-0.39, 0.29) is 5.92 Å². The smallest absolute Gasteiger partial charge is 0.335 e. The standard InChI is InChI=1S/C12H20N2O5/c1-8(2)6-13-12(17)14-10(15)7-19-11(16)9-4-3-5-18-9/h8-9H,3-7H2,1-2H3,(H2,13,14,15,17)/t9-/m0/s1. The lowest BCUT2D eigenvalue weighted by atomic mass is 10.2. The van der Waals surface area contributed by atoms with Gasteiger partial charge in [-0.1, -0.05) is 13.8 Å². The Morgan fingerprint density at radius 1 is 1.37 bits per heavy atom. The van der Waals surface area contributed by atoms with E-state index >= 15 is 0 Å². The fourth-order valence-corrected chi connectivity index (χ4v) is 1.50. The van der Waals surface area contributed by atoms with Gasteiger partial charge in [0.15, 0.2) is 12.7 Å². The lowest BCUT2D eigenvalue weighted by molar-refractivity contribution is -0.157. The molecule has 19 heavy (non-hydrogen) atoms. The molecule has 0 radical (unpaired) electrons. The van der Waals surface area contributed by atoms with Crippen molar-refractivity contribution in [1.82, 2.24) is 10.6 Å². The highest BCUT2D eigenvalue weighted by Crippen LogP contribution is 2.12. The molecule has 0 aliphatic carbocycles. The number of hydrogen-bond acceptors (Lipinski definition) is 5. The van der Waals surface area contributed by atoms with Gasteiger partial charge in [0, 0.05) is 13.2 Å². The number of ether oxygens (including phenoxy) is 2. The van der Waals surface area contributed by atoms with Crippen molar-refractivity contribution in [1.29, 1.82) is 0 Å². The maximum absolute atomic E-state index is 11.4. The molecule has 3 amide bonds. The molecule has 0 aromatic rings. The summed E-state index contributed by atoms with van der Waals surface area (Å²) >= 11 is 0. The second kappa shape index (κ2) is 7.73. The van der Waals surface area contributed by atoms with Gasteiger partial charge in [0.1, 0.15) is 0 Å². The molecule has 1 fully saturated rings. The summed E-state index contributed by atoms with van der Waals surface area (Å²) in [4.78, 5) is 34.0. The van der Waals surface area contributed by atoms with Crippen LogP contribution in [-0.4, -0.2) is 43.8 Å². The van der Waals surface area contributed by atoms with Crippen LogP contribution in [0.5, 0.6) is 0 Å². The molecule has 1 aliphatic heterocycles. The first kappa shape index (κ1) is 15.4. The predicted octanol–water partition coefficient (Wildman–Crippen LogP) is 0.190. The molecule has 0 spiro atoms. The molecular formula is C12H20N2O5. The van der Waals surface area contributed by atoms with Gasteiger partial charge < -0.3 is 14.8 Å². The molecule has 0 aromatic heterocycles. The fraction of sp³-hybridized carbons (Fsp3) is 0.750. The number of amides is 3. The van der Waals surface area contributed by atoms with E-state index in [0.717, 1.165) is 6.42 Å². The van der Waals surface area contributed by atoms with Gasteiger partial charge in [0.2, 0.25) is 0 Å². The summed E-state index contributed by atoms with van der Waals surface area (Å²) in [6.07, 6.45) is 0.835. The zero-order chi connectivity index (χ0) is 14.3. The molecule has 7 heteroatoms. The minimum absolute atomic E-state index is 0.290. The van der Waals surface area contributed by atoms with E-state index in [1.807, 2.05) is 13.8 Å². The Hall–Kier alpha value is -1.63. The molecule has 108 valence electrons. The Morgan fingerprint density at radius 2 is 2.11 bits per heavy atom. The quantitative estimate of drug-likeness (QED) is 0.697. The van der Waals surface area contributed by atoms with Gasteiger partial charge in [0.25, 0.3) is 5.91 Å². The fourth-order valence-electron chi connectivity index (χ4n) is 1.50. The third-order valence-corrected chi connectivity index (χ3v) is 2.46. The van der Waals surface area contributed by atoms with Crippen molar-refractivity contribution >= 4 is 17.9 Å². The molecule has 1 aliphatic rings. The molecule has 0 unspecified atom stereocenters. The summed E-state index contributed by atoms with van der Waals surface area (Å²) in [5, 5.41) is 4.59. The highest BCUT2D eigenvalue weighted by atomic mass is 16.6. The largest absolute Gasteiger partial charge is 0.454 e. The summed E-state index contributed by atoms with van der Waals surface area (Å²) in [7, 11) is 0. The minimum Gasteiger partial charge on any atom is -0.454 e. The van der Waals surface area contributed by atoms with Crippen LogP contribution in [-0.2, 0) is 19.1 Å². The van der Waals surface area contributed by atoms with Crippen LogP contribution in [0.15, 0.2) is 0 Å². The second-order valence-electron chi connectivity index (χ2n) is 4.76. The first-order chi connectivity index (χ1) is 8.99. The zero-order valence-electron chi connectivity index (χ0n) is 11.2. The highest BCUT2D eigenvalue weighted by Gasteiger charge is 2.25. The molecule has 2 N–H and O–H groups in total. The second-order valence-corrected chi connectivity index (χ2v) is 4.76. The van der Waals surface area contributed by atoms with E-state index in [9.17, 15) is 14.4 Å². The van der Waals surface area contributed by atoms with Crippen LogP contribution in [0.2, 0.25) is 0 Å². The number of imide groups is 1. The van der Waals surface area contributed by atoms with Crippen LogP contribution in [0.25, 0.3) is 0 Å². The minimum atomic E-state index is -0.660. The molecule has 1 heterocycles. The van der Waals surface area contributed by atoms with Crippen molar-refractivity contribution in [3.05, 3.63) is 0 Å². The summed E-state index contributed by atoms with van der Waals surface area (Å²) < 4.78 is 9.87. The van der Waals surface area contributed by atoms with Gasteiger partial charge >= 0.3 is 12.0 Å². The number of hydrogen-bond donors (Lipinski definition) is 2. The molecule has 0 aromatic carbocycles. The molecule has 1 rings (SSSR count). The van der Waals surface area contributed by atoms with Gasteiger partial charge in [-0.05, 0) is 18.8 Å². The molecular weight excluding hydrogens is 252 g/mol. The Labute approximate surface area is 112 Å². The summed E-state index contributed by atoms with van der Waals surface area (Å²) in [5.41, 5.74) is 0. The van der Waals surface area contributed by atoms with Crippen LogP contribution in [0.3, 0.4) is 0 Å². The average Bonchev–Trinajstić information content (AvgIpc) is 2.87. The van der Waals surface area contributed by atoms with E-state index in [2.05, 4.69) is 10.6 Å². The van der Waals surface area contributed by atoms with Gasteiger partial charge in [0.05, 0.1) is 0 Å². The number of carbonyl (C=O) groups excluding carboxylic acids is 3. The van der Waals surface area contributed by atoms with Crippen molar-refractivity contribution in [3.8, 4) is 0 Å². The van der Waals surface area contributed by atoms with Gasteiger partial charge in [-0.15, -0.1) is 0 Å². The Balaban J connectivity index is 2.16. The Kier molecular flexibility index (Phi) is 6.27. The van der Waals surface area contributed by atoms with Crippen LogP contribution in [0.1, 0.15) is 26.7 Å². The molecule has 1 atom stereocenters. The molecule has 0 saturated carbocycles. The zero-order valence-corrected chi connectivity index (χ0v) is 11.2. The number of nitrogens with one attached hydrogen (secondary N) is 2. The number of carbonyl (C=O) groups is 3. The highest BCUT2D eigenvalue weighted by molar-refractivity contribution is 5.95. The SMILES string of the molecule is CC(C)CNC(=O)NC(=O)COC(=O)[C@@H]1CCCO1. The van der Waals surface area contributed by atoms with Crippen molar-refractivity contribution in [2.75, 3.05) is 19.8 Å². The van der Waals surface area contributed by atoms with E-state index in [0.29, 0.717) is 19.6 Å². The number of urea groups is 1. The molecule has 0 bridgehead atoms. The first-order valence-corrected chi connectivity index (χ1v) is 6.35. The predicted molar refractivity (Wildman–Crippen MR) is 66.3 cm³/mol. The van der Waals surface area contributed by atoms with Gasteiger partial charge in [-0.2, -0.15) is 0 Å². The van der Waals surface area contributed by atoms with Crippen molar-refractivity contribution < 1.29 is 23.9 Å². The Bertz CT molecular complexity index is 337. The van der Waals surface area contributed by atoms with E-state index in [4.69, 9.17) is 9.47 Å². The van der Waals surface area contributed by atoms with E-state index in [1.165, 1.54) is 0 Å². The van der Waals surface area contributed by atoms with Crippen molar-refractivity contribution in [2.24, 2.45) is 5.92 Å². The van der Waals surface area contributed by atoms with Gasteiger partial charge in [-0.25, -0.2) is 9.59 Å². The lowest BCUT2D eigenvalue weighted by Gasteiger charge is -2.10. The maximum atomic E-state index is 11.4. The lowest BCUT2D eigenvalue weighted by Crippen LogP contribution is -2.43. The van der Waals surface area contributed by atoms with Crippen molar-refractivity contribution in [3.63, 3.8) is 0 Å². The summed E-state index contributed by atoms with van der Waals surface area (Å²) in [6.45, 7) is 4.39.